The highest BCUT2D eigenvalue weighted by molar-refractivity contribution is 9.10. The van der Waals surface area contributed by atoms with Crippen LogP contribution in [0.15, 0.2) is 53.0 Å². The van der Waals surface area contributed by atoms with Crippen molar-refractivity contribution in [2.24, 2.45) is 5.92 Å². The van der Waals surface area contributed by atoms with Gasteiger partial charge < -0.3 is 20.1 Å². The first-order valence-electron chi connectivity index (χ1n) is 8.63. The molecule has 1 fully saturated rings. The number of nitrogens with one attached hydrogen (secondary N) is 1. The fourth-order valence-electron chi connectivity index (χ4n) is 3.06. The number of amides is 2. The number of aliphatic hydroxyl groups is 1. The standard InChI is InChI=1S/C20H21BrN2O4/c1-27-17-7-5-13(6-8-17)18(24)11-22-20(26)14-9-19(25)23(12-14)16-4-2-3-15(21)10-16/h2-8,10,14,18,24H,9,11-12H2,1H3,(H,22,26). The zero-order valence-electron chi connectivity index (χ0n) is 14.9. The number of halogens is 1. The minimum Gasteiger partial charge on any atom is -0.497 e. The fourth-order valence-corrected chi connectivity index (χ4v) is 3.45. The Morgan fingerprint density at radius 3 is 2.74 bits per heavy atom. The summed E-state index contributed by atoms with van der Waals surface area (Å²) in [6.07, 6.45) is -0.657. The summed E-state index contributed by atoms with van der Waals surface area (Å²) in [5, 5.41) is 13.0. The summed E-state index contributed by atoms with van der Waals surface area (Å²) in [4.78, 5) is 26.4. The van der Waals surface area contributed by atoms with E-state index in [4.69, 9.17) is 4.74 Å². The summed E-state index contributed by atoms with van der Waals surface area (Å²) in [5.74, 6) is -0.0380. The number of hydrogen-bond acceptors (Lipinski definition) is 4. The number of rotatable bonds is 6. The van der Waals surface area contributed by atoms with Crippen LogP contribution in [-0.4, -0.2) is 37.1 Å². The minimum atomic E-state index is -0.821. The van der Waals surface area contributed by atoms with Crippen LogP contribution in [0.1, 0.15) is 18.1 Å². The number of benzene rings is 2. The predicted molar refractivity (Wildman–Crippen MR) is 106 cm³/mol. The third-order valence-electron chi connectivity index (χ3n) is 4.59. The Morgan fingerprint density at radius 1 is 1.33 bits per heavy atom. The second-order valence-corrected chi connectivity index (χ2v) is 7.34. The number of aliphatic hydroxyl groups excluding tert-OH is 1. The molecule has 6 nitrogen and oxygen atoms in total. The maximum Gasteiger partial charge on any atom is 0.227 e. The van der Waals surface area contributed by atoms with E-state index in [2.05, 4.69) is 21.2 Å². The van der Waals surface area contributed by atoms with Gasteiger partial charge >= 0.3 is 0 Å². The van der Waals surface area contributed by atoms with Gasteiger partial charge in [-0.2, -0.15) is 0 Å². The largest absolute Gasteiger partial charge is 0.497 e. The van der Waals surface area contributed by atoms with Gasteiger partial charge in [0.1, 0.15) is 5.75 Å². The van der Waals surface area contributed by atoms with Crippen LogP contribution >= 0.6 is 15.9 Å². The van der Waals surface area contributed by atoms with Crippen LogP contribution < -0.4 is 15.0 Å². The van der Waals surface area contributed by atoms with E-state index >= 15 is 0 Å². The van der Waals surface area contributed by atoms with Gasteiger partial charge in [-0.15, -0.1) is 0 Å². The predicted octanol–water partition coefficient (Wildman–Crippen LogP) is 2.66. The maximum absolute atomic E-state index is 12.4. The first-order valence-corrected chi connectivity index (χ1v) is 9.43. The lowest BCUT2D eigenvalue weighted by Gasteiger charge is -2.18. The summed E-state index contributed by atoms with van der Waals surface area (Å²) < 4.78 is 5.97. The average Bonchev–Trinajstić information content (AvgIpc) is 3.07. The highest BCUT2D eigenvalue weighted by Gasteiger charge is 2.35. The lowest BCUT2D eigenvalue weighted by Crippen LogP contribution is -2.35. The monoisotopic (exact) mass is 432 g/mol. The molecule has 2 amide bonds. The molecular weight excluding hydrogens is 412 g/mol. The van der Waals surface area contributed by atoms with Gasteiger partial charge in [0.2, 0.25) is 11.8 Å². The molecule has 27 heavy (non-hydrogen) atoms. The van der Waals surface area contributed by atoms with Crippen molar-refractivity contribution in [3.63, 3.8) is 0 Å². The third kappa shape index (κ3) is 4.67. The summed E-state index contributed by atoms with van der Waals surface area (Å²) in [6.45, 7) is 0.423. The van der Waals surface area contributed by atoms with Crippen molar-refractivity contribution in [3.05, 3.63) is 58.6 Å². The Labute approximate surface area is 166 Å². The maximum atomic E-state index is 12.4. The van der Waals surface area contributed by atoms with E-state index in [1.165, 1.54) is 0 Å². The van der Waals surface area contributed by atoms with E-state index in [0.29, 0.717) is 17.9 Å². The Bertz CT molecular complexity index is 825. The second-order valence-electron chi connectivity index (χ2n) is 6.42. The number of carbonyl (C=O) groups is 2. The molecule has 2 aromatic carbocycles. The molecule has 2 unspecified atom stereocenters. The highest BCUT2D eigenvalue weighted by Crippen LogP contribution is 2.27. The molecule has 3 rings (SSSR count). The van der Waals surface area contributed by atoms with Gasteiger partial charge in [-0.1, -0.05) is 34.1 Å². The van der Waals surface area contributed by atoms with Crippen molar-refractivity contribution in [3.8, 4) is 5.75 Å². The number of methoxy groups -OCH3 is 1. The Kier molecular flexibility index (Phi) is 6.13. The lowest BCUT2D eigenvalue weighted by atomic mass is 10.1. The summed E-state index contributed by atoms with van der Waals surface area (Å²) in [5.41, 5.74) is 1.46. The molecule has 1 aliphatic rings. The molecule has 2 atom stereocenters. The van der Waals surface area contributed by atoms with E-state index < -0.39 is 12.0 Å². The quantitative estimate of drug-likeness (QED) is 0.735. The molecule has 0 spiro atoms. The molecule has 1 saturated heterocycles. The molecule has 2 N–H and O–H groups in total. The summed E-state index contributed by atoms with van der Waals surface area (Å²) >= 11 is 3.39. The molecule has 1 heterocycles. The molecule has 7 heteroatoms. The van der Waals surface area contributed by atoms with Crippen molar-refractivity contribution >= 4 is 33.4 Å². The number of ether oxygens (including phenoxy) is 1. The van der Waals surface area contributed by atoms with E-state index in [-0.39, 0.29) is 24.8 Å². The van der Waals surface area contributed by atoms with Crippen LogP contribution in [0.4, 0.5) is 5.69 Å². The third-order valence-corrected chi connectivity index (χ3v) is 5.08. The van der Waals surface area contributed by atoms with Crippen LogP contribution in [-0.2, 0) is 9.59 Å². The van der Waals surface area contributed by atoms with Gasteiger partial charge in [-0.05, 0) is 35.9 Å². The zero-order chi connectivity index (χ0) is 19.4. The molecule has 0 aliphatic carbocycles. The van der Waals surface area contributed by atoms with Gasteiger partial charge in [-0.3, -0.25) is 9.59 Å². The summed E-state index contributed by atoms with van der Waals surface area (Å²) in [6, 6.07) is 14.5. The van der Waals surface area contributed by atoms with Crippen LogP contribution in [0.2, 0.25) is 0 Å². The molecule has 1 aliphatic heterocycles. The average molecular weight is 433 g/mol. The van der Waals surface area contributed by atoms with Gasteiger partial charge in [0.05, 0.1) is 19.1 Å². The lowest BCUT2D eigenvalue weighted by molar-refractivity contribution is -0.126. The van der Waals surface area contributed by atoms with E-state index in [0.717, 1.165) is 10.2 Å². The van der Waals surface area contributed by atoms with Gasteiger partial charge in [0.25, 0.3) is 0 Å². The Balaban J connectivity index is 1.56. The van der Waals surface area contributed by atoms with E-state index in [9.17, 15) is 14.7 Å². The number of anilines is 1. The topological polar surface area (TPSA) is 78.9 Å². The molecule has 0 bridgehead atoms. The molecular formula is C20H21BrN2O4. The molecule has 0 aromatic heterocycles. The molecule has 0 radical (unpaired) electrons. The smallest absolute Gasteiger partial charge is 0.227 e. The second kappa shape index (κ2) is 8.54. The van der Waals surface area contributed by atoms with Crippen LogP contribution in [0, 0.1) is 5.92 Å². The van der Waals surface area contributed by atoms with Crippen molar-refractivity contribution in [1.29, 1.82) is 0 Å². The van der Waals surface area contributed by atoms with Crippen molar-refractivity contribution < 1.29 is 19.4 Å². The number of nitrogens with zero attached hydrogens (tertiary/aromatic N) is 1. The SMILES string of the molecule is COc1ccc(C(O)CNC(=O)C2CC(=O)N(c3cccc(Br)c3)C2)cc1. The minimum absolute atomic E-state index is 0.0797. The normalized spacial score (nSPS) is 17.7. The highest BCUT2D eigenvalue weighted by atomic mass is 79.9. The number of carbonyl (C=O) groups excluding carboxylic acids is 2. The van der Waals surface area contributed by atoms with E-state index in [1.807, 2.05) is 24.3 Å². The van der Waals surface area contributed by atoms with Crippen molar-refractivity contribution in [2.75, 3.05) is 25.1 Å². The van der Waals surface area contributed by atoms with E-state index in [1.54, 1.807) is 36.3 Å². The number of hydrogen-bond donors (Lipinski definition) is 2. The first-order chi connectivity index (χ1) is 13.0. The Morgan fingerprint density at radius 2 is 2.07 bits per heavy atom. The molecule has 142 valence electrons. The van der Waals surface area contributed by atoms with Crippen molar-refractivity contribution in [1.82, 2.24) is 5.32 Å². The summed E-state index contributed by atoms with van der Waals surface area (Å²) in [7, 11) is 1.58. The van der Waals surface area contributed by atoms with Gasteiger partial charge in [-0.25, -0.2) is 0 Å². The van der Waals surface area contributed by atoms with Crippen molar-refractivity contribution in [2.45, 2.75) is 12.5 Å². The molecule has 0 saturated carbocycles. The first kappa shape index (κ1) is 19.4. The van der Waals surface area contributed by atoms with Crippen LogP contribution in [0.5, 0.6) is 5.75 Å². The van der Waals surface area contributed by atoms with Gasteiger partial charge in [0, 0.05) is 29.7 Å². The Hall–Kier alpha value is -2.38. The van der Waals surface area contributed by atoms with Crippen LogP contribution in [0.3, 0.4) is 0 Å². The zero-order valence-corrected chi connectivity index (χ0v) is 16.5. The molecule has 2 aromatic rings. The van der Waals surface area contributed by atoms with Crippen LogP contribution in [0.25, 0.3) is 0 Å². The fraction of sp³-hybridized carbons (Fsp3) is 0.300. The van der Waals surface area contributed by atoms with Gasteiger partial charge in [0.15, 0.2) is 0 Å².